The van der Waals surface area contributed by atoms with Crippen molar-refractivity contribution in [3.8, 4) is 0 Å². The molecule has 0 aromatic carbocycles. The third-order valence-corrected chi connectivity index (χ3v) is 3.68. The molecule has 6 nitrogen and oxygen atoms in total. The smallest absolute Gasteiger partial charge is 0.260 e. The van der Waals surface area contributed by atoms with Crippen LogP contribution in [0.25, 0.3) is 0 Å². The topological polar surface area (TPSA) is 63.1 Å². The van der Waals surface area contributed by atoms with E-state index in [0.717, 1.165) is 18.8 Å². The van der Waals surface area contributed by atoms with Crippen LogP contribution in [-0.2, 0) is 7.05 Å². The van der Waals surface area contributed by atoms with Gasteiger partial charge in [-0.05, 0) is 31.4 Å². The first kappa shape index (κ1) is 13.6. The molecule has 2 aromatic rings. The highest BCUT2D eigenvalue weighted by molar-refractivity contribution is 6.03. The van der Waals surface area contributed by atoms with E-state index in [4.69, 9.17) is 0 Å². The van der Waals surface area contributed by atoms with Crippen molar-refractivity contribution < 1.29 is 4.79 Å². The number of carbonyl (C=O) groups excluding carboxylic acids is 1. The molecule has 1 aliphatic rings. The molecule has 6 heteroatoms. The predicted octanol–water partition coefficient (Wildman–Crippen LogP) is 2.06. The van der Waals surface area contributed by atoms with Gasteiger partial charge in [0.1, 0.15) is 5.82 Å². The van der Waals surface area contributed by atoms with E-state index in [9.17, 15) is 4.79 Å². The Bertz CT molecular complexity index is 613. The molecular weight excluding hydrogens is 266 g/mol. The third kappa shape index (κ3) is 3.21. The zero-order chi connectivity index (χ0) is 14.7. The van der Waals surface area contributed by atoms with Crippen molar-refractivity contribution in [2.75, 3.05) is 23.3 Å². The average Bonchev–Trinajstić information content (AvgIpc) is 2.96. The number of piperidine rings is 1. The van der Waals surface area contributed by atoms with E-state index in [1.807, 2.05) is 18.3 Å². The maximum absolute atomic E-state index is 12.0. The molecule has 3 rings (SSSR count). The lowest BCUT2D eigenvalue weighted by molar-refractivity contribution is 0.102. The van der Waals surface area contributed by atoms with Crippen LogP contribution in [0.1, 0.15) is 29.6 Å². The zero-order valence-corrected chi connectivity index (χ0v) is 12.1. The van der Waals surface area contributed by atoms with Gasteiger partial charge in [-0.25, -0.2) is 4.98 Å². The third-order valence-electron chi connectivity index (χ3n) is 3.68. The molecule has 1 saturated heterocycles. The Morgan fingerprint density at radius 2 is 2.00 bits per heavy atom. The van der Waals surface area contributed by atoms with Gasteiger partial charge in [0, 0.05) is 26.3 Å². The number of carbonyl (C=O) groups is 1. The summed E-state index contributed by atoms with van der Waals surface area (Å²) in [6.45, 7) is 2.17. The van der Waals surface area contributed by atoms with E-state index in [2.05, 4.69) is 20.3 Å². The molecule has 1 aliphatic heterocycles. The van der Waals surface area contributed by atoms with Gasteiger partial charge in [0.15, 0.2) is 0 Å². The number of pyridine rings is 1. The quantitative estimate of drug-likeness (QED) is 0.937. The van der Waals surface area contributed by atoms with Crippen molar-refractivity contribution >= 4 is 17.4 Å². The fourth-order valence-corrected chi connectivity index (χ4v) is 2.53. The first-order valence-electron chi connectivity index (χ1n) is 7.23. The first-order chi connectivity index (χ1) is 10.2. The number of aromatic nitrogens is 3. The second-order valence-electron chi connectivity index (χ2n) is 5.31. The standard InChI is InChI=1S/C15H19N5O/c1-19-11-12(9-17-19)15(21)18-14-6-5-13(10-16-14)20-7-3-2-4-8-20/h5-6,9-11H,2-4,7-8H2,1H3,(H,16,18,21). The van der Waals surface area contributed by atoms with Crippen molar-refractivity contribution in [1.82, 2.24) is 14.8 Å². The molecule has 0 aliphatic carbocycles. The van der Waals surface area contributed by atoms with Crippen LogP contribution < -0.4 is 10.2 Å². The van der Waals surface area contributed by atoms with Crippen molar-refractivity contribution in [2.24, 2.45) is 7.05 Å². The highest BCUT2D eigenvalue weighted by atomic mass is 16.1. The number of nitrogens with zero attached hydrogens (tertiary/aromatic N) is 4. The van der Waals surface area contributed by atoms with Gasteiger partial charge in [-0.3, -0.25) is 9.48 Å². The summed E-state index contributed by atoms with van der Waals surface area (Å²) in [5.74, 6) is 0.367. The van der Waals surface area contributed by atoms with Crippen LogP contribution in [-0.4, -0.2) is 33.8 Å². The van der Waals surface area contributed by atoms with Gasteiger partial charge in [-0.15, -0.1) is 0 Å². The molecule has 0 spiro atoms. The van der Waals surface area contributed by atoms with Crippen molar-refractivity contribution in [3.05, 3.63) is 36.3 Å². The Morgan fingerprint density at radius 3 is 2.62 bits per heavy atom. The summed E-state index contributed by atoms with van der Waals surface area (Å²) < 4.78 is 1.60. The van der Waals surface area contributed by atoms with Crippen molar-refractivity contribution in [1.29, 1.82) is 0 Å². The largest absolute Gasteiger partial charge is 0.370 e. The Hall–Kier alpha value is -2.37. The molecule has 1 amide bonds. The number of anilines is 2. The predicted molar refractivity (Wildman–Crippen MR) is 81.5 cm³/mol. The molecule has 3 heterocycles. The number of aryl methyl sites for hydroxylation is 1. The summed E-state index contributed by atoms with van der Waals surface area (Å²) in [6.07, 6.45) is 8.82. The van der Waals surface area contributed by atoms with Crippen LogP contribution in [0, 0.1) is 0 Å². The first-order valence-corrected chi connectivity index (χ1v) is 7.23. The van der Waals surface area contributed by atoms with Crippen LogP contribution in [0.5, 0.6) is 0 Å². The summed E-state index contributed by atoms with van der Waals surface area (Å²) in [6, 6.07) is 3.86. The monoisotopic (exact) mass is 285 g/mol. The van der Waals surface area contributed by atoms with E-state index in [1.165, 1.54) is 25.5 Å². The van der Waals surface area contributed by atoms with Crippen molar-refractivity contribution in [2.45, 2.75) is 19.3 Å². The maximum Gasteiger partial charge on any atom is 0.260 e. The van der Waals surface area contributed by atoms with Gasteiger partial charge in [-0.2, -0.15) is 5.10 Å². The molecule has 0 bridgehead atoms. The number of rotatable bonds is 3. The van der Waals surface area contributed by atoms with Crippen molar-refractivity contribution in [3.63, 3.8) is 0 Å². The van der Waals surface area contributed by atoms with Gasteiger partial charge < -0.3 is 10.2 Å². The van der Waals surface area contributed by atoms with Crippen LogP contribution in [0.2, 0.25) is 0 Å². The number of nitrogens with one attached hydrogen (secondary N) is 1. The zero-order valence-electron chi connectivity index (χ0n) is 12.1. The SMILES string of the molecule is Cn1cc(C(=O)Nc2ccc(N3CCCCC3)cn2)cn1. The summed E-state index contributed by atoms with van der Waals surface area (Å²) in [5.41, 5.74) is 1.65. The molecule has 110 valence electrons. The lowest BCUT2D eigenvalue weighted by Crippen LogP contribution is -2.29. The average molecular weight is 285 g/mol. The van der Waals surface area contributed by atoms with Crippen LogP contribution in [0.3, 0.4) is 0 Å². The molecule has 2 aromatic heterocycles. The minimum Gasteiger partial charge on any atom is -0.370 e. The number of amides is 1. The Labute approximate surface area is 123 Å². The number of hydrogen-bond donors (Lipinski definition) is 1. The van der Waals surface area contributed by atoms with Gasteiger partial charge in [0.25, 0.3) is 5.91 Å². The highest BCUT2D eigenvalue weighted by Gasteiger charge is 2.12. The van der Waals surface area contributed by atoms with Crippen LogP contribution in [0.15, 0.2) is 30.7 Å². The minimum atomic E-state index is -0.193. The second kappa shape index (κ2) is 5.95. The van der Waals surface area contributed by atoms with E-state index < -0.39 is 0 Å². The molecule has 1 fully saturated rings. The van der Waals surface area contributed by atoms with E-state index in [-0.39, 0.29) is 5.91 Å². The molecule has 0 saturated carbocycles. The fourth-order valence-electron chi connectivity index (χ4n) is 2.53. The normalized spacial score (nSPS) is 15.0. The van der Waals surface area contributed by atoms with E-state index in [1.54, 1.807) is 17.9 Å². The number of hydrogen-bond acceptors (Lipinski definition) is 4. The van der Waals surface area contributed by atoms with Crippen LogP contribution >= 0.6 is 0 Å². The van der Waals surface area contributed by atoms with Gasteiger partial charge >= 0.3 is 0 Å². The van der Waals surface area contributed by atoms with Gasteiger partial charge in [-0.1, -0.05) is 0 Å². The van der Waals surface area contributed by atoms with Crippen LogP contribution in [0.4, 0.5) is 11.5 Å². The Balaban J connectivity index is 1.65. The molecule has 0 atom stereocenters. The van der Waals surface area contributed by atoms with Gasteiger partial charge in [0.2, 0.25) is 0 Å². The fraction of sp³-hybridized carbons (Fsp3) is 0.400. The Kier molecular flexibility index (Phi) is 3.85. The van der Waals surface area contributed by atoms with E-state index >= 15 is 0 Å². The molecule has 0 unspecified atom stereocenters. The molecule has 1 N–H and O–H groups in total. The summed E-state index contributed by atoms with van der Waals surface area (Å²) in [7, 11) is 1.78. The molecular formula is C15H19N5O. The second-order valence-corrected chi connectivity index (χ2v) is 5.31. The van der Waals surface area contributed by atoms with E-state index in [0.29, 0.717) is 11.4 Å². The minimum absolute atomic E-state index is 0.193. The summed E-state index contributed by atoms with van der Waals surface area (Å²) in [5, 5.41) is 6.76. The molecule has 21 heavy (non-hydrogen) atoms. The van der Waals surface area contributed by atoms with Gasteiger partial charge in [0.05, 0.1) is 23.6 Å². The highest BCUT2D eigenvalue weighted by Crippen LogP contribution is 2.20. The summed E-state index contributed by atoms with van der Waals surface area (Å²) >= 11 is 0. The lowest BCUT2D eigenvalue weighted by Gasteiger charge is -2.28. The summed E-state index contributed by atoms with van der Waals surface area (Å²) in [4.78, 5) is 18.7. The molecule has 0 radical (unpaired) electrons. The Morgan fingerprint density at radius 1 is 1.19 bits per heavy atom. The lowest BCUT2D eigenvalue weighted by atomic mass is 10.1. The maximum atomic E-state index is 12.0.